The van der Waals surface area contributed by atoms with Gasteiger partial charge in [-0.1, -0.05) is 0 Å². The number of rotatable bonds is 5. The number of hydrogen-bond donors (Lipinski definition) is 1. The van der Waals surface area contributed by atoms with E-state index in [4.69, 9.17) is 0 Å². The summed E-state index contributed by atoms with van der Waals surface area (Å²) in [6.07, 6.45) is 3.33. The van der Waals surface area contributed by atoms with E-state index in [9.17, 15) is 4.39 Å². The molecule has 0 unspecified atom stereocenters. The predicted molar refractivity (Wildman–Crippen MR) is 75.1 cm³/mol. The molecule has 7 heteroatoms. The molecule has 0 saturated carbocycles. The number of halogens is 2. The molecule has 106 valence electrons. The Balaban J connectivity index is 0.00000180. The maximum atomic E-state index is 13.7. The fourth-order valence-electron chi connectivity index (χ4n) is 1.88. The van der Waals surface area contributed by atoms with Gasteiger partial charge in [0.15, 0.2) is 0 Å². The second-order valence-electron chi connectivity index (χ2n) is 4.09. The number of aromatic nitrogens is 4. The zero-order valence-corrected chi connectivity index (χ0v) is 12.2. The lowest BCUT2D eigenvalue weighted by Gasteiger charge is -2.05. The van der Waals surface area contributed by atoms with Crippen molar-refractivity contribution in [2.45, 2.75) is 40.4 Å². The lowest BCUT2D eigenvalue weighted by atomic mass is 10.3. The summed E-state index contributed by atoms with van der Waals surface area (Å²) < 4.78 is 17.0. The zero-order valence-electron chi connectivity index (χ0n) is 11.4. The van der Waals surface area contributed by atoms with Crippen LogP contribution >= 0.6 is 12.4 Å². The summed E-state index contributed by atoms with van der Waals surface area (Å²) in [6, 6.07) is 0. The van der Waals surface area contributed by atoms with Gasteiger partial charge in [0.05, 0.1) is 23.8 Å². The monoisotopic (exact) mass is 287 g/mol. The van der Waals surface area contributed by atoms with E-state index in [1.165, 1.54) is 4.68 Å². The molecule has 2 rings (SSSR count). The topological polar surface area (TPSA) is 47.7 Å². The summed E-state index contributed by atoms with van der Waals surface area (Å²) in [4.78, 5) is 0. The highest BCUT2D eigenvalue weighted by atomic mass is 35.5. The summed E-state index contributed by atoms with van der Waals surface area (Å²) in [5.41, 5.74) is 2.56. The molecule has 0 aliphatic heterocycles. The quantitative estimate of drug-likeness (QED) is 0.919. The number of aryl methyl sites for hydroxylation is 2. The number of nitrogens with zero attached hydrogens (tertiary/aromatic N) is 4. The number of anilines is 1. The van der Waals surface area contributed by atoms with Crippen LogP contribution in [0.4, 0.5) is 10.1 Å². The molecule has 0 radical (unpaired) electrons. The molecular weight excluding hydrogens is 269 g/mol. The molecule has 0 aromatic carbocycles. The Hall–Kier alpha value is -1.56. The Morgan fingerprint density at radius 2 is 1.79 bits per heavy atom. The highest BCUT2D eigenvalue weighted by Crippen LogP contribution is 2.15. The lowest BCUT2D eigenvalue weighted by molar-refractivity contribution is 0.465. The Labute approximate surface area is 118 Å². The molecule has 2 aromatic heterocycles. The first kappa shape index (κ1) is 15.5. The van der Waals surface area contributed by atoms with E-state index in [0.717, 1.165) is 17.9 Å². The third-order valence-electron chi connectivity index (χ3n) is 3.02. The highest BCUT2D eigenvalue weighted by Gasteiger charge is 2.10. The second kappa shape index (κ2) is 6.56. The molecule has 0 saturated heterocycles. The molecule has 2 aromatic rings. The van der Waals surface area contributed by atoms with Gasteiger partial charge < -0.3 is 5.32 Å². The summed E-state index contributed by atoms with van der Waals surface area (Å²) >= 11 is 0. The van der Waals surface area contributed by atoms with Crippen molar-refractivity contribution in [2.24, 2.45) is 0 Å². The Bertz CT molecular complexity index is 486. The van der Waals surface area contributed by atoms with Gasteiger partial charge in [-0.05, 0) is 20.8 Å². The summed E-state index contributed by atoms with van der Waals surface area (Å²) in [5.74, 6) is -0.273. The van der Waals surface area contributed by atoms with Gasteiger partial charge in [-0.15, -0.1) is 12.4 Å². The normalized spacial score (nSPS) is 10.3. The third kappa shape index (κ3) is 3.07. The van der Waals surface area contributed by atoms with Gasteiger partial charge in [-0.25, -0.2) is 4.68 Å². The Morgan fingerprint density at radius 1 is 1.16 bits per heavy atom. The maximum absolute atomic E-state index is 13.7. The van der Waals surface area contributed by atoms with Gasteiger partial charge in [-0.2, -0.15) is 14.6 Å². The minimum atomic E-state index is -0.273. The van der Waals surface area contributed by atoms with Crippen molar-refractivity contribution in [3.8, 4) is 0 Å². The Morgan fingerprint density at radius 3 is 2.32 bits per heavy atom. The van der Waals surface area contributed by atoms with Gasteiger partial charge in [0.2, 0.25) is 5.95 Å². The van der Waals surface area contributed by atoms with Crippen LogP contribution in [0.25, 0.3) is 0 Å². The van der Waals surface area contributed by atoms with Crippen molar-refractivity contribution in [1.82, 2.24) is 19.6 Å². The van der Waals surface area contributed by atoms with E-state index < -0.39 is 0 Å². The molecule has 2 heterocycles. The van der Waals surface area contributed by atoms with Crippen molar-refractivity contribution >= 4 is 18.1 Å². The highest BCUT2D eigenvalue weighted by molar-refractivity contribution is 5.85. The largest absolute Gasteiger partial charge is 0.378 e. The molecule has 0 spiro atoms. The van der Waals surface area contributed by atoms with Crippen molar-refractivity contribution in [3.63, 3.8) is 0 Å². The van der Waals surface area contributed by atoms with Crippen LogP contribution in [-0.2, 0) is 19.6 Å². The molecule has 0 atom stereocenters. The maximum Gasteiger partial charge on any atom is 0.216 e. The van der Waals surface area contributed by atoms with Gasteiger partial charge in [-0.3, -0.25) is 4.68 Å². The molecule has 19 heavy (non-hydrogen) atoms. The van der Waals surface area contributed by atoms with E-state index in [1.807, 2.05) is 25.5 Å². The van der Waals surface area contributed by atoms with E-state index >= 15 is 0 Å². The van der Waals surface area contributed by atoms with Crippen molar-refractivity contribution in [2.75, 3.05) is 5.32 Å². The van der Waals surface area contributed by atoms with Gasteiger partial charge in [0.25, 0.3) is 0 Å². The lowest BCUT2D eigenvalue weighted by Crippen LogP contribution is -2.05. The standard InChI is InChI=1S/C12H18FN5.ClH/c1-4-17-9(3)11(8-16-17)14-6-10-7-15-18(5-2)12(10)13;/h7-8,14H,4-6H2,1-3H3;1H. The van der Waals surface area contributed by atoms with Gasteiger partial charge in [0, 0.05) is 25.2 Å². The van der Waals surface area contributed by atoms with Crippen molar-refractivity contribution < 1.29 is 4.39 Å². The second-order valence-corrected chi connectivity index (χ2v) is 4.09. The smallest absolute Gasteiger partial charge is 0.216 e. The molecule has 0 amide bonds. The van der Waals surface area contributed by atoms with Crippen LogP contribution in [0, 0.1) is 12.9 Å². The van der Waals surface area contributed by atoms with Crippen LogP contribution < -0.4 is 5.32 Å². The third-order valence-corrected chi connectivity index (χ3v) is 3.02. The van der Waals surface area contributed by atoms with Crippen LogP contribution in [0.15, 0.2) is 12.4 Å². The van der Waals surface area contributed by atoms with Gasteiger partial charge in [0.1, 0.15) is 0 Å². The van der Waals surface area contributed by atoms with E-state index in [0.29, 0.717) is 18.7 Å². The molecule has 1 N–H and O–H groups in total. The van der Waals surface area contributed by atoms with Crippen molar-refractivity contribution in [3.05, 3.63) is 29.6 Å². The van der Waals surface area contributed by atoms with Crippen LogP contribution in [0.1, 0.15) is 25.1 Å². The van der Waals surface area contributed by atoms with E-state index in [1.54, 1.807) is 12.4 Å². The molecule has 5 nitrogen and oxygen atoms in total. The van der Waals surface area contributed by atoms with Crippen LogP contribution in [0.3, 0.4) is 0 Å². The fraction of sp³-hybridized carbons (Fsp3) is 0.500. The van der Waals surface area contributed by atoms with E-state index in [-0.39, 0.29) is 18.4 Å². The first-order chi connectivity index (χ1) is 8.67. The summed E-state index contributed by atoms with van der Waals surface area (Å²) in [6.45, 7) is 7.68. The molecule has 0 fully saturated rings. The molecule has 0 aliphatic rings. The molecular formula is C12H19ClFN5. The number of nitrogens with one attached hydrogen (secondary N) is 1. The summed E-state index contributed by atoms with van der Waals surface area (Å²) in [7, 11) is 0. The predicted octanol–water partition coefficient (Wildman–Crippen LogP) is 2.60. The first-order valence-electron chi connectivity index (χ1n) is 6.13. The van der Waals surface area contributed by atoms with E-state index in [2.05, 4.69) is 15.5 Å². The van der Waals surface area contributed by atoms with Crippen molar-refractivity contribution in [1.29, 1.82) is 0 Å². The zero-order chi connectivity index (χ0) is 13.1. The number of hydrogen-bond acceptors (Lipinski definition) is 3. The van der Waals surface area contributed by atoms with Crippen LogP contribution in [0.5, 0.6) is 0 Å². The molecule has 0 aliphatic carbocycles. The van der Waals surface area contributed by atoms with Crippen LogP contribution in [-0.4, -0.2) is 19.6 Å². The average molecular weight is 288 g/mol. The summed E-state index contributed by atoms with van der Waals surface area (Å²) in [5, 5.41) is 11.4. The Kier molecular flexibility index (Phi) is 5.35. The van der Waals surface area contributed by atoms with Gasteiger partial charge >= 0.3 is 0 Å². The SMILES string of the molecule is CCn1ncc(NCc2cnn(CC)c2F)c1C.Cl. The minimum Gasteiger partial charge on any atom is -0.378 e. The minimum absolute atomic E-state index is 0. The first-order valence-corrected chi connectivity index (χ1v) is 6.13. The fourth-order valence-corrected chi connectivity index (χ4v) is 1.88. The molecule has 0 bridgehead atoms. The van der Waals surface area contributed by atoms with Crippen LogP contribution in [0.2, 0.25) is 0 Å². The average Bonchev–Trinajstić information content (AvgIpc) is 2.90.